The van der Waals surface area contributed by atoms with Crippen LogP contribution in [0.3, 0.4) is 0 Å². The van der Waals surface area contributed by atoms with Crippen LogP contribution in [0.5, 0.6) is 0 Å². The number of aliphatic imine (C=N–C) groups is 2. The van der Waals surface area contributed by atoms with Crippen molar-refractivity contribution < 1.29 is 91.9 Å². The maximum atomic E-state index is 10.5. The second kappa shape index (κ2) is 21.6. The molecule has 0 bridgehead atoms. The molecule has 2 aromatic heterocycles. The number of fused-ring (bicyclic) bond motifs is 3. The van der Waals surface area contributed by atoms with Crippen molar-refractivity contribution in [3.8, 4) is 0 Å². The van der Waals surface area contributed by atoms with Crippen LogP contribution < -0.4 is 37.3 Å². The number of nitrogens with zero attached hydrogens (tertiary/aromatic N) is 6. The Kier molecular flexibility index (Phi) is 21.1. The van der Waals surface area contributed by atoms with Crippen LogP contribution in [0.4, 0.5) is 11.4 Å². The summed E-state index contributed by atoms with van der Waals surface area (Å²) in [7, 11) is -9.89. The molecule has 4 aromatic rings. The fourth-order valence-electron chi connectivity index (χ4n) is 2.99. The maximum absolute atomic E-state index is 10.5. The van der Waals surface area contributed by atoms with E-state index in [1.165, 1.54) is 0 Å². The molecule has 0 spiro atoms. The summed E-state index contributed by atoms with van der Waals surface area (Å²) in [5.41, 5.74) is 4.84. The Labute approximate surface area is 288 Å². The quantitative estimate of drug-likeness (QED) is 0.0870. The van der Waals surface area contributed by atoms with Gasteiger partial charge in [-0.1, -0.05) is 36.4 Å². The summed E-state index contributed by atoms with van der Waals surface area (Å²) in [6.45, 7) is 6.59. The predicted molar refractivity (Wildman–Crippen MR) is 142 cm³/mol. The number of pyridine rings is 2. The SMILES string of the molecule is CC(=Nc1ccccc1N=C(C)/C(C)=N/[O-])/C(C)=N/[O-].[Cu+2].[Cu+2].[O-][Cl+3]([O-])([O-])[O-].[O-][Cl+3]([O-])([O-])[O-].c1cnc2c(c1)ccc1cccnc12. The van der Waals surface area contributed by atoms with Crippen molar-refractivity contribution in [3.05, 3.63) is 83.5 Å². The Morgan fingerprint density at radius 2 is 0.804 bits per heavy atom. The molecule has 2 heterocycles. The normalized spacial score (nSPS) is 12.3. The van der Waals surface area contributed by atoms with E-state index in [-0.39, 0.29) is 34.1 Å². The Bertz CT molecular complexity index is 1520. The van der Waals surface area contributed by atoms with Gasteiger partial charge in [0.2, 0.25) is 0 Å². The zero-order valence-electron chi connectivity index (χ0n) is 24.1. The molecule has 46 heavy (non-hydrogen) atoms. The van der Waals surface area contributed by atoms with Crippen LogP contribution in [0.2, 0.25) is 0 Å². The van der Waals surface area contributed by atoms with E-state index in [0.717, 1.165) is 21.8 Å². The molecule has 0 fully saturated rings. The van der Waals surface area contributed by atoms with Crippen LogP contribution >= 0.6 is 0 Å². The third-order valence-corrected chi connectivity index (χ3v) is 5.12. The fraction of sp³-hybridized carbons (Fsp3) is 0.154. The summed E-state index contributed by atoms with van der Waals surface area (Å²) in [6.07, 6.45) is 3.60. The van der Waals surface area contributed by atoms with Crippen molar-refractivity contribution in [2.45, 2.75) is 27.7 Å². The van der Waals surface area contributed by atoms with Crippen LogP contribution in [-0.4, -0.2) is 32.8 Å². The van der Waals surface area contributed by atoms with E-state index in [1.807, 2.05) is 24.3 Å². The Morgan fingerprint density at radius 1 is 0.500 bits per heavy atom. The van der Waals surface area contributed by atoms with Gasteiger partial charge in [0.05, 0.1) is 33.8 Å². The van der Waals surface area contributed by atoms with Gasteiger partial charge in [-0.3, -0.25) is 9.97 Å². The summed E-state index contributed by atoms with van der Waals surface area (Å²) in [5.74, 6) is 0. The minimum Gasteiger partial charge on any atom is -0.792 e. The van der Waals surface area contributed by atoms with E-state index in [4.69, 9.17) is 37.3 Å². The summed E-state index contributed by atoms with van der Waals surface area (Å²) in [6, 6.07) is 19.3. The van der Waals surface area contributed by atoms with E-state index in [2.05, 4.69) is 54.5 Å². The molecule has 0 saturated carbocycles. The molecule has 0 saturated heterocycles. The molecule has 0 N–H and O–H groups in total. The van der Waals surface area contributed by atoms with Crippen LogP contribution in [-0.2, 0) is 34.1 Å². The van der Waals surface area contributed by atoms with Crippen molar-refractivity contribution in [2.24, 2.45) is 20.3 Å². The molecular formula is C26H24Cl2Cu2N6O10. The second-order valence-corrected chi connectivity index (χ2v) is 9.72. The van der Waals surface area contributed by atoms with Crippen LogP contribution in [0.1, 0.15) is 27.7 Å². The fourth-order valence-corrected chi connectivity index (χ4v) is 2.99. The average Bonchev–Trinajstić information content (AvgIpc) is 2.95. The van der Waals surface area contributed by atoms with Gasteiger partial charge in [-0.25, -0.2) is 47.3 Å². The van der Waals surface area contributed by atoms with Crippen molar-refractivity contribution in [2.75, 3.05) is 0 Å². The average molecular weight is 779 g/mol. The summed E-state index contributed by atoms with van der Waals surface area (Å²) in [5, 5.41) is 29.0. The Morgan fingerprint density at radius 3 is 1.09 bits per heavy atom. The van der Waals surface area contributed by atoms with Gasteiger partial charge in [0.15, 0.2) is 0 Å². The minimum absolute atomic E-state index is 0. The number of para-hydroxylation sites is 2. The summed E-state index contributed by atoms with van der Waals surface area (Å²) < 4.78 is 67.9. The summed E-state index contributed by atoms with van der Waals surface area (Å²) >= 11 is 0. The Balaban J connectivity index is 0. The molecule has 4 rings (SSSR count). The van der Waals surface area contributed by atoms with Gasteiger partial charge < -0.3 is 20.7 Å². The summed E-state index contributed by atoms with van der Waals surface area (Å²) in [4.78, 5) is 17.4. The van der Waals surface area contributed by atoms with Gasteiger partial charge in [-0.2, -0.15) is 0 Å². The Hall–Kier alpha value is -3.16. The first-order valence-corrected chi connectivity index (χ1v) is 14.3. The number of aromatic nitrogens is 2. The first kappa shape index (κ1) is 45.0. The number of benzene rings is 2. The monoisotopic (exact) mass is 776 g/mol. The zero-order valence-corrected chi connectivity index (χ0v) is 27.4. The van der Waals surface area contributed by atoms with Crippen molar-refractivity contribution in [3.63, 3.8) is 0 Å². The zero-order chi connectivity index (χ0) is 33.5. The largest absolute Gasteiger partial charge is 2.00 e. The molecule has 0 unspecified atom stereocenters. The van der Waals surface area contributed by atoms with Crippen LogP contribution in [0.25, 0.3) is 21.8 Å². The molecular weight excluding hydrogens is 754 g/mol. The molecule has 20 heteroatoms. The van der Waals surface area contributed by atoms with E-state index in [0.29, 0.717) is 34.2 Å². The molecule has 254 valence electrons. The number of halogens is 2. The maximum Gasteiger partial charge on any atom is 2.00 e. The molecule has 0 aliphatic carbocycles. The third kappa shape index (κ3) is 18.7. The van der Waals surface area contributed by atoms with Crippen LogP contribution in [0.15, 0.2) is 93.4 Å². The topological polar surface area (TPSA) is 306 Å². The van der Waals surface area contributed by atoms with Gasteiger partial charge in [0.25, 0.3) is 0 Å². The molecule has 0 amide bonds. The van der Waals surface area contributed by atoms with Crippen molar-refractivity contribution in [1.82, 2.24) is 9.97 Å². The van der Waals surface area contributed by atoms with Gasteiger partial charge in [-0.15, -0.1) is 20.5 Å². The standard InChI is InChI=1S/C14H18N4O2.C12H8N2.2ClHO4.2Cu/c1-9(11(3)17-19)15-13-7-5-6-8-14(13)16-10(2)12(4)18-20;1-3-9-5-6-10-4-2-8-14-12(10)11(9)13-7-1;2*2-1(3,4)5;;/h5-8,19-20H,1-4H3;1-8H;2*(H,2,3,4,5);;/q;;;;2*+2/p-4/b15-9?,16-10?,17-11+,18-12+;;;;;. The van der Waals surface area contributed by atoms with Crippen LogP contribution in [0, 0.1) is 30.9 Å². The van der Waals surface area contributed by atoms with Gasteiger partial charge >= 0.3 is 34.1 Å². The van der Waals surface area contributed by atoms with E-state index >= 15 is 0 Å². The predicted octanol–water partition coefficient (Wildman–Crippen LogP) is -2.95. The second-order valence-electron chi connectivity index (χ2n) is 8.21. The minimum atomic E-state index is -4.94. The third-order valence-electron chi connectivity index (χ3n) is 5.12. The molecule has 0 aliphatic heterocycles. The van der Waals surface area contributed by atoms with Gasteiger partial charge in [-0.05, 0) is 52.0 Å². The van der Waals surface area contributed by atoms with E-state index in [9.17, 15) is 10.4 Å². The van der Waals surface area contributed by atoms with Gasteiger partial charge in [0, 0.05) is 34.6 Å². The van der Waals surface area contributed by atoms with E-state index in [1.54, 1.807) is 52.2 Å². The first-order valence-electron chi connectivity index (χ1n) is 11.8. The molecule has 2 radical (unpaired) electrons. The number of hydrogen-bond acceptors (Lipinski definition) is 16. The van der Waals surface area contributed by atoms with Gasteiger partial charge in [0.1, 0.15) is 0 Å². The molecule has 16 nitrogen and oxygen atoms in total. The first-order chi connectivity index (χ1) is 20.4. The smallest absolute Gasteiger partial charge is 0.792 e. The molecule has 0 atom stereocenters. The van der Waals surface area contributed by atoms with Crippen molar-refractivity contribution >= 4 is 56.0 Å². The number of hydrogen-bond donors (Lipinski definition) is 0. The van der Waals surface area contributed by atoms with Crippen molar-refractivity contribution in [1.29, 1.82) is 0 Å². The molecule has 2 aromatic carbocycles. The van der Waals surface area contributed by atoms with E-state index < -0.39 is 20.5 Å². The molecule has 0 aliphatic rings. The number of rotatable bonds is 4.